The van der Waals surface area contributed by atoms with E-state index in [1.165, 1.54) is 0 Å². The van der Waals surface area contributed by atoms with E-state index in [4.69, 9.17) is 16.9 Å². The lowest BCUT2D eigenvalue weighted by atomic mass is 10.3. The van der Waals surface area contributed by atoms with Gasteiger partial charge in [-0.25, -0.2) is 4.98 Å². The second-order valence-corrected chi connectivity index (χ2v) is 3.35. The third kappa shape index (κ3) is 4.01. The maximum Gasteiger partial charge on any atom is 0.132 e. The van der Waals surface area contributed by atoms with Crippen LogP contribution in [0.1, 0.15) is 18.9 Å². The third-order valence-electron chi connectivity index (χ3n) is 1.78. The average molecular weight is 222 g/mol. The van der Waals surface area contributed by atoms with Crippen LogP contribution in [-0.2, 0) is 0 Å². The van der Waals surface area contributed by atoms with E-state index in [0.29, 0.717) is 16.5 Å². The van der Waals surface area contributed by atoms with Crippen molar-refractivity contribution in [1.82, 2.24) is 4.98 Å². The number of nitriles is 1. The number of nitrogens with one attached hydrogen (secondary N) is 1. The second-order valence-electron chi connectivity index (χ2n) is 2.96. The molecule has 1 N–H and O–H groups in total. The monoisotopic (exact) mass is 221 g/mol. The van der Waals surface area contributed by atoms with Crippen LogP contribution in [0.15, 0.2) is 24.3 Å². The van der Waals surface area contributed by atoms with Gasteiger partial charge in [0.15, 0.2) is 0 Å². The Morgan fingerprint density at radius 2 is 2.40 bits per heavy atom. The fraction of sp³-hybridized carbons (Fsp3) is 0.273. The Morgan fingerprint density at radius 3 is 3.07 bits per heavy atom. The minimum Gasteiger partial charge on any atom is -0.370 e. The highest BCUT2D eigenvalue weighted by molar-refractivity contribution is 6.29. The van der Waals surface area contributed by atoms with Crippen molar-refractivity contribution in [3.8, 4) is 6.07 Å². The van der Waals surface area contributed by atoms with E-state index in [-0.39, 0.29) is 0 Å². The van der Waals surface area contributed by atoms with Crippen molar-refractivity contribution in [3.05, 3.63) is 35.0 Å². The van der Waals surface area contributed by atoms with Crippen LogP contribution < -0.4 is 5.32 Å². The molecule has 0 fully saturated rings. The number of pyridine rings is 1. The first kappa shape index (κ1) is 11.5. The summed E-state index contributed by atoms with van der Waals surface area (Å²) in [6.45, 7) is 2.76. The molecule has 1 rings (SSSR count). The Labute approximate surface area is 94.4 Å². The molecule has 0 saturated heterocycles. The number of allylic oxidation sites excluding steroid dienone is 1. The standard InChI is InChI=1S/C11H12ClN3/c1-2-3-4-5-14-11-7-9(8-13)6-10(12)15-11/h2-3,6-7H,4-5H2,1H3,(H,14,15)/b3-2+. The van der Waals surface area contributed by atoms with Crippen LogP contribution in [0.2, 0.25) is 5.15 Å². The topological polar surface area (TPSA) is 48.7 Å². The van der Waals surface area contributed by atoms with Gasteiger partial charge in [-0.15, -0.1) is 0 Å². The summed E-state index contributed by atoms with van der Waals surface area (Å²) in [6, 6.07) is 5.25. The van der Waals surface area contributed by atoms with Crippen LogP contribution in [0.25, 0.3) is 0 Å². The van der Waals surface area contributed by atoms with Crippen molar-refractivity contribution < 1.29 is 0 Å². The maximum atomic E-state index is 8.72. The highest BCUT2D eigenvalue weighted by Crippen LogP contribution is 2.13. The highest BCUT2D eigenvalue weighted by atomic mass is 35.5. The number of hydrogen-bond donors (Lipinski definition) is 1. The lowest BCUT2D eigenvalue weighted by molar-refractivity contribution is 1.04. The lowest BCUT2D eigenvalue weighted by Crippen LogP contribution is -2.02. The van der Waals surface area contributed by atoms with E-state index in [1.54, 1.807) is 12.1 Å². The van der Waals surface area contributed by atoms with Crippen molar-refractivity contribution in [2.24, 2.45) is 0 Å². The van der Waals surface area contributed by atoms with Gasteiger partial charge in [0.1, 0.15) is 11.0 Å². The molecule has 0 aliphatic carbocycles. The first-order chi connectivity index (χ1) is 7.26. The van der Waals surface area contributed by atoms with Crippen molar-refractivity contribution >= 4 is 17.4 Å². The van der Waals surface area contributed by atoms with Crippen LogP contribution in [-0.4, -0.2) is 11.5 Å². The molecule has 4 heteroatoms. The van der Waals surface area contributed by atoms with Gasteiger partial charge in [0, 0.05) is 6.54 Å². The number of nitrogens with zero attached hydrogens (tertiary/aromatic N) is 2. The van der Waals surface area contributed by atoms with E-state index in [1.807, 2.05) is 19.1 Å². The van der Waals surface area contributed by atoms with Gasteiger partial charge in [0.25, 0.3) is 0 Å². The molecule has 0 saturated carbocycles. The van der Waals surface area contributed by atoms with Crippen molar-refractivity contribution in [2.75, 3.05) is 11.9 Å². The zero-order valence-electron chi connectivity index (χ0n) is 8.50. The molecule has 78 valence electrons. The molecule has 15 heavy (non-hydrogen) atoms. The van der Waals surface area contributed by atoms with E-state index < -0.39 is 0 Å². The Hall–Kier alpha value is -1.53. The van der Waals surface area contributed by atoms with Gasteiger partial charge in [-0.3, -0.25) is 0 Å². The number of halogens is 1. The Kier molecular flexibility index (Phi) is 4.65. The van der Waals surface area contributed by atoms with Gasteiger partial charge >= 0.3 is 0 Å². The summed E-state index contributed by atoms with van der Waals surface area (Å²) in [5.74, 6) is 0.642. The van der Waals surface area contributed by atoms with Gasteiger partial charge in [0.05, 0.1) is 11.6 Å². The highest BCUT2D eigenvalue weighted by Gasteiger charge is 1.99. The predicted molar refractivity (Wildman–Crippen MR) is 61.9 cm³/mol. The molecular formula is C11H12ClN3. The van der Waals surface area contributed by atoms with Crippen LogP contribution >= 0.6 is 11.6 Å². The van der Waals surface area contributed by atoms with E-state index >= 15 is 0 Å². The summed E-state index contributed by atoms with van der Waals surface area (Å²) < 4.78 is 0. The van der Waals surface area contributed by atoms with Gasteiger partial charge in [-0.1, -0.05) is 23.8 Å². The van der Waals surface area contributed by atoms with Crippen LogP contribution in [0.4, 0.5) is 5.82 Å². The SMILES string of the molecule is C/C=C/CCNc1cc(C#N)cc(Cl)n1. The number of aromatic nitrogens is 1. The molecule has 0 atom stereocenters. The minimum atomic E-state index is 0.336. The number of hydrogen-bond acceptors (Lipinski definition) is 3. The van der Waals surface area contributed by atoms with Crippen molar-refractivity contribution in [3.63, 3.8) is 0 Å². The van der Waals surface area contributed by atoms with Crippen LogP contribution in [0.5, 0.6) is 0 Å². The van der Waals surface area contributed by atoms with Gasteiger partial charge in [-0.2, -0.15) is 5.26 Å². The number of anilines is 1. The molecule has 1 aromatic heterocycles. The largest absolute Gasteiger partial charge is 0.370 e. The summed E-state index contributed by atoms with van der Waals surface area (Å²) in [6.07, 6.45) is 4.98. The molecular weight excluding hydrogens is 210 g/mol. The quantitative estimate of drug-likeness (QED) is 0.483. The summed E-state index contributed by atoms with van der Waals surface area (Å²) in [4.78, 5) is 4.06. The predicted octanol–water partition coefficient (Wildman–Crippen LogP) is 2.98. The van der Waals surface area contributed by atoms with Gasteiger partial charge < -0.3 is 5.32 Å². The van der Waals surface area contributed by atoms with Gasteiger partial charge in [0.2, 0.25) is 0 Å². The summed E-state index contributed by atoms with van der Waals surface area (Å²) in [7, 11) is 0. The summed E-state index contributed by atoms with van der Waals surface area (Å²) in [5.41, 5.74) is 0.517. The van der Waals surface area contributed by atoms with Gasteiger partial charge in [-0.05, 0) is 25.5 Å². The lowest BCUT2D eigenvalue weighted by Gasteiger charge is -2.04. The second kappa shape index (κ2) is 6.05. The smallest absolute Gasteiger partial charge is 0.132 e. The van der Waals surface area contributed by atoms with E-state index in [2.05, 4.69) is 16.4 Å². The Balaban J connectivity index is 2.61. The molecule has 0 radical (unpaired) electrons. The summed E-state index contributed by atoms with van der Waals surface area (Å²) in [5, 5.41) is 12.2. The zero-order valence-corrected chi connectivity index (χ0v) is 9.25. The Morgan fingerprint density at radius 1 is 1.60 bits per heavy atom. The molecule has 0 aromatic carbocycles. The molecule has 0 aliphatic heterocycles. The molecule has 0 unspecified atom stereocenters. The normalized spacial score (nSPS) is 10.2. The minimum absolute atomic E-state index is 0.336. The van der Waals surface area contributed by atoms with Crippen LogP contribution in [0, 0.1) is 11.3 Å². The Bertz CT molecular complexity index is 393. The maximum absolute atomic E-state index is 8.72. The molecule has 3 nitrogen and oxygen atoms in total. The number of rotatable bonds is 4. The fourth-order valence-corrected chi connectivity index (χ4v) is 1.31. The molecule has 1 heterocycles. The zero-order chi connectivity index (χ0) is 11.1. The third-order valence-corrected chi connectivity index (χ3v) is 1.97. The van der Waals surface area contributed by atoms with E-state index in [0.717, 1.165) is 13.0 Å². The first-order valence-corrected chi connectivity index (χ1v) is 5.06. The van der Waals surface area contributed by atoms with E-state index in [9.17, 15) is 0 Å². The molecule has 0 bridgehead atoms. The molecule has 0 spiro atoms. The van der Waals surface area contributed by atoms with Crippen molar-refractivity contribution in [1.29, 1.82) is 5.26 Å². The molecule has 0 aliphatic rings. The average Bonchev–Trinajstić information content (AvgIpc) is 2.23. The van der Waals surface area contributed by atoms with Crippen molar-refractivity contribution in [2.45, 2.75) is 13.3 Å². The fourth-order valence-electron chi connectivity index (χ4n) is 1.10. The summed E-state index contributed by atoms with van der Waals surface area (Å²) >= 11 is 5.75. The molecule has 1 aromatic rings. The first-order valence-electron chi connectivity index (χ1n) is 4.69. The molecule has 0 amide bonds. The van der Waals surface area contributed by atoms with Crippen LogP contribution in [0.3, 0.4) is 0 Å².